The molecule has 3 nitrogen and oxygen atoms in total. The number of aldehydes is 1. The summed E-state index contributed by atoms with van der Waals surface area (Å²) in [5, 5.41) is 4.26. The zero-order valence-corrected chi connectivity index (χ0v) is 9.37. The van der Waals surface area contributed by atoms with E-state index in [9.17, 15) is 4.79 Å². The summed E-state index contributed by atoms with van der Waals surface area (Å²) in [6.45, 7) is 8.38. The summed E-state index contributed by atoms with van der Waals surface area (Å²) in [6.07, 6.45) is 4.48. The molecule has 0 bridgehead atoms. The predicted molar refractivity (Wildman–Crippen MR) is 56.6 cm³/mol. The average molecular weight is 194 g/mol. The van der Waals surface area contributed by atoms with Crippen molar-refractivity contribution in [3.63, 3.8) is 0 Å². The standard InChI is InChI=1S/C11H18N2O/c1-5-6-10-9(8-14)7-12-13(10)11(2,3)4/h7-8H,5-6H2,1-4H3. The molecule has 1 heterocycles. The SMILES string of the molecule is CCCc1c(C=O)cnn1C(C)(C)C. The summed E-state index contributed by atoms with van der Waals surface area (Å²) in [4.78, 5) is 10.8. The largest absolute Gasteiger partial charge is 0.298 e. The fraction of sp³-hybridized carbons (Fsp3) is 0.636. The van der Waals surface area contributed by atoms with Gasteiger partial charge in [0.2, 0.25) is 0 Å². The normalized spacial score (nSPS) is 11.7. The molecule has 0 atom stereocenters. The molecule has 0 saturated carbocycles. The minimum atomic E-state index is -0.0498. The van der Waals surface area contributed by atoms with Gasteiger partial charge in [0.05, 0.1) is 17.3 Å². The second kappa shape index (κ2) is 3.95. The van der Waals surface area contributed by atoms with Crippen LogP contribution < -0.4 is 0 Å². The first-order chi connectivity index (χ1) is 6.50. The Morgan fingerprint density at radius 2 is 2.14 bits per heavy atom. The van der Waals surface area contributed by atoms with Crippen LogP contribution in [0, 0.1) is 0 Å². The van der Waals surface area contributed by atoms with Crippen molar-refractivity contribution < 1.29 is 4.79 Å². The van der Waals surface area contributed by atoms with Crippen LogP contribution in [0.15, 0.2) is 6.20 Å². The van der Waals surface area contributed by atoms with Crippen LogP contribution >= 0.6 is 0 Å². The van der Waals surface area contributed by atoms with Crippen LogP contribution in [0.3, 0.4) is 0 Å². The molecule has 1 aromatic heterocycles. The summed E-state index contributed by atoms with van der Waals surface area (Å²) in [5.74, 6) is 0. The van der Waals surface area contributed by atoms with E-state index in [0.29, 0.717) is 0 Å². The molecule has 0 fully saturated rings. The van der Waals surface area contributed by atoms with E-state index in [1.54, 1.807) is 6.20 Å². The van der Waals surface area contributed by atoms with Gasteiger partial charge in [-0.15, -0.1) is 0 Å². The molecule has 0 N–H and O–H groups in total. The van der Waals surface area contributed by atoms with E-state index in [-0.39, 0.29) is 5.54 Å². The molecule has 0 aliphatic heterocycles. The number of carbonyl (C=O) groups is 1. The third-order valence-corrected chi connectivity index (χ3v) is 2.15. The maximum atomic E-state index is 10.8. The van der Waals surface area contributed by atoms with E-state index in [0.717, 1.165) is 30.4 Å². The number of carbonyl (C=O) groups excluding carboxylic acids is 1. The van der Waals surface area contributed by atoms with Crippen molar-refractivity contribution in [1.82, 2.24) is 9.78 Å². The molecule has 1 aromatic rings. The van der Waals surface area contributed by atoms with Crippen molar-refractivity contribution in [1.29, 1.82) is 0 Å². The highest BCUT2D eigenvalue weighted by molar-refractivity contribution is 5.76. The number of hydrogen-bond donors (Lipinski definition) is 0. The minimum Gasteiger partial charge on any atom is -0.298 e. The number of nitrogens with zero attached hydrogens (tertiary/aromatic N) is 2. The topological polar surface area (TPSA) is 34.9 Å². The summed E-state index contributed by atoms with van der Waals surface area (Å²) in [7, 11) is 0. The van der Waals surface area contributed by atoms with Crippen LogP contribution in [0.25, 0.3) is 0 Å². The van der Waals surface area contributed by atoms with Gasteiger partial charge in [-0.1, -0.05) is 13.3 Å². The Labute approximate surface area is 85.1 Å². The van der Waals surface area contributed by atoms with E-state index in [1.165, 1.54) is 0 Å². The molecule has 0 saturated heterocycles. The Bertz CT molecular complexity index is 321. The second-order valence-corrected chi connectivity index (χ2v) is 4.50. The molecule has 0 aliphatic rings. The molecule has 1 rings (SSSR count). The maximum Gasteiger partial charge on any atom is 0.153 e. The third-order valence-electron chi connectivity index (χ3n) is 2.15. The first-order valence-electron chi connectivity index (χ1n) is 5.03. The monoisotopic (exact) mass is 194 g/mol. The molecule has 3 heteroatoms. The zero-order chi connectivity index (χ0) is 10.8. The molecule has 0 aromatic carbocycles. The lowest BCUT2D eigenvalue weighted by Gasteiger charge is -2.22. The Hall–Kier alpha value is -1.12. The molecule has 0 aliphatic carbocycles. The highest BCUT2D eigenvalue weighted by Crippen LogP contribution is 2.19. The Morgan fingerprint density at radius 3 is 2.57 bits per heavy atom. The van der Waals surface area contributed by atoms with Gasteiger partial charge in [0.1, 0.15) is 0 Å². The number of hydrogen-bond acceptors (Lipinski definition) is 2. The van der Waals surface area contributed by atoms with Crippen LogP contribution in [0.4, 0.5) is 0 Å². The van der Waals surface area contributed by atoms with Crippen molar-refractivity contribution in [3.8, 4) is 0 Å². The van der Waals surface area contributed by atoms with Crippen LogP contribution in [-0.2, 0) is 12.0 Å². The summed E-state index contributed by atoms with van der Waals surface area (Å²) >= 11 is 0. The van der Waals surface area contributed by atoms with E-state index >= 15 is 0 Å². The first-order valence-corrected chi connectivity index (χ1v) is 5.03. The molecule has 14 heavy (non-hydrogen) atoms. The van der Waals surface area contributed by atoms with Crippen molar-refractivity contribution in [3.05, 3.63) is 17.5 Å². The Morgan fingerprint density at radius 1 is 1.50 bits per heavy atom. The smallest absolute Gasteiger partial charge is 0.153 e. The average Bonchev–Trinajstić information content (AvgIpc) is 2.47. The lowest BCUT2D eigenvalue weighted by Crippen LogP contribution is -2.25. The van der Waals surface area contributed by atoms with Gasteiger partial charge in [-0.3, -0.25) is 9.48 Å². The highest BCUT2D eigenvalue weighted by atomic mass is 16.1. The minimum absolute atomic E-state index is 0.0498. The molecule has 0 spiro atoms. The zero-order valence-electron chi connectivity index (χ0n) is 9.37. The lowest BCUT2D eigenvalue weighted by atomic mass is 10.1. The van der Waals surface area contributed by atoms with E-state index in [2.05, 4.69) is 32.8 Å². The van der Waals surface area contributed by atoms with Crippen molar-refractivity contribution in [2.75, 3.05) is 0 Å². The second-order valence-electron chi connectivity index (χ2n) is 4.50. The summed E-state index contributed by atoms with van der Waals surface area (Å²) in [6, 6.07) is 0. The van der Waals surface area contributed by atoms with Gasteiger partial charge in [-0.2, -0.15) is 5.10 Å². The van der Waals surface area contributed by atoms with Gasteiger partial charge in [-0.25, -0.2) is 0 Å². The van der Waals surface area contributed by atoms with Gasteiger partial charge in [0, 0.05) is 5.69 Å². The van der Waals surface area contributed by atoms with E-state index < -0.39 is 0 Å². The summed E-state index contributed by atoms with van der Waals surface area (Å²) in [5.41, 5.74) is 1.72. The number of rotatable bonds is 3. The van der Waals surface area contributed by atoms with Crippen LogP contribution in [0.2, 0.25) is 0 Å². The van der Waals surface area contributed by atoms with Gasteiger partial charge in [0.25, 0.3) is 0 Å². The van der Waals surface area contributed by atoms with Crippen molar-refractivity contribution in [2.24, 2.45) is 0 Å². The van der Waals surface area contributed by atoms with Crippen LogP contribution in [-0.4, -0.2) is 16.1 Å². The van der Waals surface area contributed by atoms with E-state index in [1.807, 2.05) is 4.68 Å². The lowest BCUT2D eigenvalue weighted by molar-refractivity contribution is 0.112. The van der Waals surface area contributed by atoms with Gasteiger partial charge in [-0.05, 0) is 27.2 Å². The van der Waals surface area contributed by atoms with Crippen molar-refractivity contribution in [2.45, 2.75) is 46.1 Å². The summed E-state index contributed by atoms with van der Waals surface area (Å²) < 4.78 is 1.94. The molecule has 0 radical (unpaired) electrons. The van der Waals surface area contributed by atoms with Crippen LogP contribution in [0.5, 0.6) is 0 Å². The van der Waals surface area contributed by atoms with Gasteiger partial charge < -0.3 is 0 Å². The molecular weight excluding hydrogens is 176 g/mol. The molecular formula is C11H18N2O. The fourth-order valence-corrected chi connectivity index (χ4v) is 1.55. The van der Waals surface area contributed by atoms with Crippen LogP contribution in [0.1, 0.15) is 50.2 Å². The third kappa shape index (κ3) is 2.03. The number of aromatic nitrogens is 2. The first kappa shape index (κ1) is 11.0. The van der Waals surface area contributed by atoms with Gasteiger partial charge >= 0.3 is 0 Å². The maximum absolute atomic E-state index is 10.8. The highest BCUT2D eigenvalue weighted by Gasteiger charge is 2.19. The molecule has 0 unspecified atom stereocenters. The van der Waals surface area contributed by atoms with Gasteiger partial charge in [0.15, 0.2) is 6.29 Å². The van der Waals surface area contributed by atoms with E-state index in [4.69, 9.17) is 0 Å². The van der Waals surface area contributed by atoms with Crippen molar-refractivity contribution >= 4 is 6.29 Å². The quantitative estimate of drug-likeness (QED) is 0.692. The molecule has 78 valence electrons. The predicted octanol–water partition coefficient (Wildman–Crippen LogP) is 2.40. The fourth-order valence-electron chi connectivity index (χ4n) is 1.55. The Balaban J connectivity index is 3.17. The molecule has 0 amide bonds. The Kier molecular flexibility index (Phi) is 3.09.